The van der Waals surface area contributed by atoms with Crippen molar-refractivity contribution in [1.29, 1.82) is 0 Å². The van der Waals surface area contributed by atoms with Gasteiger partial charge in [0.1, 0.15) is 5.75 Å². The first-order valence-electron chi connectivity index (χ1n) is 7.46. The molecule has 122 valence electrons. The molecular weight excluding hydrogens is 314 g/mol. The van der Waals surface area contributed by atoms with E-state index in [1.54, 1.807) is 36.1 Å². The van der Waals surface area contributed by atoms with Crippen LogP contribution in [0.4, 0.5) is 0 Å². The van der Waals surface area contributed by atoms with Crippen molar-refractivity contribution in [1.82, 2.24) is 4.90 Å². The number of rotatable bonds is 7. The van der Waals surface area contributed by atoms with Crippen molar-refractivity contribution in [3.8, 4) is 5.75 Å². The summed E-state index contributed by atoms with van der Waals surface area (Å²) < 4.78 is 5.66. The van der Waals surface area contributed by atoms with Crippen LogP contribution < -0.4 is 4.74 Å². The number of halogens is 1. The van der Waals surface area contributed by atoms with E-state index in [-0.39, 0.29) is 19.1 Å². The fourth-order valence-corrected chi connectivity index (χ4v) is 2.34. The molecule has 1 N–H and O–H groups in total. The predicted molar refractivity (Wildman–Crippen MR) is 90.5 cm³/mol. The van der Waals surface area contributed by atoms with Crippen LogP contribution in [0.2, 0.25) is 5.02 Å². The van der Waals surface area contributed by atoms with Crippen molar-refractivity contribution >= 4 is 17.5 Å². The van der Waals surface area contributed by atoms with Crippen LogP contribution in [0.3, 0.4) is 0 Å². The molecule has 0 heterocycles. The lowest BCUT2D eigenvalue weighted by atomic mass is 10.2. The fraction of sp³-hybridized carbons (Fsp3) is 0.278. The molecule has 0 aromatic heterocycles. The number of nitrogens with zero attached hydrogens (tertiary/aromatic N) is 1. The van der Waals surface area contributed by atoms with Crippen LogP contribution in [0.25, 0.3) is 0 Å². The Morgan fingerprint density at radius 2 is 1.83 bits per heavy atom. The average Bonchev–Trinajstić information content (AvgIpc) is 2.57. The van der Waals surface area contributed by atoms with Crippen molar-refractivity contribution in [3.05, 3.63) is 65.2 Å². The van der Waals surface area contributed by atoms with E-state index >= 15 is 0 Å². The van der Waals surface area contributed by atoms with Gasteiger partial charge in [0, 0.05) is 18.1 Å². The Bertz CT molecular complexity index is 616. The molecule has 0 aliphatic carbocycles. The summed E-state index contributed by atoms with van der Waals surface area (Å²) in [7, 11) is 0. The van der Waals surface area contributed by atoms with Crippen molar-refractivity contribution < 1.29 is 14.6 Å². The molecule has 0 bridgehead atoms. The van der Waals surface area contributed by atoms with Gasteiger partial charge in [0.05, 0.1) is 6.61 Å². The zero-order valence-corrected chi connectivity index (χ0v) is 13.7. The summed E-state index contributed by atoms with van der Waals surface area (Å²) in [5.41, 5.74) is 1.01. The van der Waals surface area contributed by atoms with Crippen molar-refractivity contribution in [2.45, 2.75) is 19.6 Å². The lowest BCUT2D eigenvalue weighted by Gasteiger charge is -2.25. The highest BCUT2D eigenvalue weighted by Gasteiger charge is 2.22. The van der Waals surface area contributed by atoms with E-state index in [1.165, 1.54) is 0 Å². The predicted octanol–water partition coefficient (Wildman–Crippen LogP) is 3.13. The highest BCUT2D eigenvalue weighted by atomic mass is 35.5. The number of hydrogen-bond acceptors (Lipinski definition) is 3. The van der Waals surface area contributed by atoms with Crippen LogP contribution in [-0.2, 0) is 11.3 Å². The molecule has 2 aromatic carbocycles. The van der Waals surface area contributed by atoms with Gasteiger partial charge in [-0.05, 0) is 36.8 Å². The maximum atomic E-state index is 12.6. The van der Waals surface area contributed by atoms with Gasteiger partial charge >= 0.3 is 0 Å². The van der Waals surface area contributed by atoms with Crippen molar-refractivity contribution in [2.75, 3.05) is 13.2 Å². The summed E-state index contributed by atoms with van der Waals surface area (Å²) in [6, 6.07) is 16.5. The third kappa shape index (κ3) is 5.27. The number of benzene rings is 2. The van der Waals surface area contributed by atoms with Gasteiger partial charge in [0.25, 0.3) is 5.91 Å². The molecule has 23 heavy (non-hydrogen) atoms. The molecule has 0 saturated carbocycles. The number of aliphatic hydroxyl groups is 1. The maximum Gasteiger partial charge on any atom is 0.263 e. The SMILES string of the molecule is CC(Oc1ccc(Cl)cc1)C(=O)N(CCO)Cc1ccccc1. The van der Waals surface area contributed by atoms with E-state index in [0.29, 0.717) is 17.3 Å². The van der Waals surface area contributed by atoms with Crippen LogP contribution >= 0.6 is 11.6 Å². The van der Waals surface area contributed by atoms with Crippen LogP contribution in [0, 0.1) is 0 Å². The zero-order chi connectivity index (χ0) is 16.7. The quantitative estimate of drug-likeness (QED) is 0.847. The van der Waals surface area contributed by atoms with Crippen molar-refractivity contribution in [2.24, 2.45) is 0 Å². The van der Waals surface area contributed by atoms with Crippen LogP contribution in [0.1, 0.15) is 12.5 Å². The van der Waals surface area contributed by atoms with E-state index in [1.807, 2.05) is 30.3 Å². The maximum absolute atomic E-state index is 12.6. The molecule has 0 radical (unpaired) electrons. The molecule has 1 unspecified atom stereocenters. The minimum atomic E-state index is -0.647. The molecule has 4 nitrogen and oxygen atoms in total. The highest BCUT2D eigenvalue weighted by molar-refractivity contribution is 6.30. The van der Waals surface area contributed by atoms with E-state index in [4.69, 9.17) is 16.3 Å². The first kappa shape index (κ1) is 17.3. The Morgan fingerprint density at radius 3 is 2.43 bits per heavy atom. The molecule has 0 fully saturated rings. The average molecular weight is 334 g/mol. The summed E-state index contributed by atoms with van der Waals surface area (Å²) in [6.45, 7) is 2.31. The molecule has 0 saturated heterocycles. The van der Waals surface area contributed by atoms with E-state index < -0.39 is 6.10 Å². The fourth-order valence-electron chi connectivity index (χ4n) is 2.22. The molecule has 5 heteroatoms. The molecule has 0 spiro atoms. The number of aliphatic hydroxyl groups excluding tert-OH is 1. The summed E-state index contributed by atoms with van der Waals surface area (Å²) >= 11 is 5.83. The van der Waals surface area contributed by atoms with Gasteiger partial charge in [0.2, 0.25) is 0 Å². The monoisotopic (exact) mass is 333 g/mol. The summed E-state index contributed by atoms with van der Waals surface area (Å²) in [4.78, 5) is 14.2. The third-order valence-corrected chi connectivity index (χ3v) is 3.62. The molecule has 1 atom stereocenters. The Balaban J connectivity index is 2.02. The third-order valence-electron chi connectivity index (χ3n) is 3.37. The summed E-state index contributed by atoms with van der Waals surface area (Å²) in [5.74, 6) is 0.414. The Labute approximate surface area is 141 Å². The van der Waals surface area contributed by atoms with Crippen LogP contribution in [0.5, 0.6) is 5.75 Å². The second-order valence-electron chi connectivity index (χ2n) is 5.18. The number of amides is 1. The Hall–Kier alpha value is -2.04. The van der Waals surface area contributed by atoms with Crippen molar-refractivity contribution in [3.63, 3.8) is 0 Å². The van der Waals surface area contributed by atoms with Gasteiger partial charge in [0.15, 0.2) is 6.10 Å². The Kier molecular flexibility index (Phi) is 6.44. The summed E-state index contributed by atoms with van der Waals surface area (Å²) in [5, 5.41) is 9.83. The number of hydrogen-bond donors (Lipinski definition) is 1. The van der Waals surface area contributed by atoms with Crippen LogP contribution in [-0.4, -0.2) is 35.2 Å². The van der Waals surface area contributed by atoms with E-state index in [0.717, 1.165) is 5.56 Å². The summed E-state index contributed by atoms with van der Waals surface area (Å²) in [6.07, 6.45) is -0.647. The van der Waals surface area contributed by atoms with Gasteiger partial charge in [-0.1, -0.05) is 41.9 Å². The second-order valence-corrected chi connectivity index (χ2v) is 5.62. The number of carbonyl (C=O) groups is 1. The molecule has 0 aliphatic rings. The highest BCUT2D eigenvalue weighted by Crippen LogP contribution is 2.17. The first-order valence-corrected chi connectivity index (χ1v) is 7.83. The first-order chi connectivity index (χ1) is 11.1. The van der Waals surface area contributed by atoms with Gasteiger partial charge in [-0.3, -0.25) is 4.79 Å². The molecule has 1 amide bonds. The number of carbonyl (C=O) groups excluding carboxylic acids is 1. The van der Waals surface area contributed by atoms with Gasteiger partial charge in [-0.15, -0.1) is 0 Å². The normalized spacial score (nSPS) is 11.8. The lowest BCUT2D eigenvalue weighted by molar-refractivity contribution is -0.139. The van der Waals surface area contributed by atoms with Gasteiger partial charge in [-0.25, -0.2) is 0 Å². The molecule has 0 aliphatic heterocycles. The topological polar surface area (TPSA) is 49.8 Å². The van der Waals surface area contributed by atoms with Gasteiger partial charge < -0.3 is 14.7 Å². The van der Waals surface area contributed by atoms with Gasteiger partial charge in [-0.2, -0.15) is 0 Å². The Morgan fingerprint density at radius 1 is 1.17 bits per heavy atom. The van der Waals surface area contributed by atoms with E-state index in [9.17, 15) is 9.90 Å². The lowest BCUT2D eigenvalue weighted by Crippen LogP contribution is -2.41. The van der Waals surface area contributed by atoms with Crippen LogP contribution in [0.15, 0.2) is 54.6 Å². The van der Waals surface area contributed by atoms with E-state index in [2.05, 4.69) is 0 Å². The minimum Gasteiger partial charge on any atom is -0.481 e. The molecular formula is C18H20ClNO3. The molecule has 2 aromatic rings. The zero-order valence-electron chi connectivity index (χ0n) is 13.0. The standard InChI is InChI=1S/C18H20ClNO3/c1-14(23-17-9-7-16(19)8-10-17)18(22)20(11-12-21)13-15-5-3-2-4-6-15/h2-10,14,21H,11-13H2,1H3. The second kappa shape index (κ2) is 8.56. The number of ether oxygens (including phenoxy) is 1. The molecule has 2 rings (SSSR count). The largest absolute Gasteiger partial charge is 0.481 e. The minimum absolute atomic E-state index is 0.0910. The smallest absolute Gasteiger partial charge is 0.263 e.